The molecule has 1 aromatic carbocycles. The van der Waals surface area contributed by atoms with Crippen molar-refractivity contribution in [2.75, 3.05) is 19.7 Å². The van der Waals surface area contributed by atoms with Crippen LogP contribution in [-0.4, -0.2) is 65.5 Å². The molecule has 1 saturated heterocycles. The molecule has 1 aliphatic heterocycles. The van der Waals surface area contributed by atoms with Crippen LogP contribution in [0, 0.1) is 29.2 Å². The van der Waals surface area contributed by atoms with Crippen LogP contribution in [0.3, 0.4) is 0 Å². The van der Waals surface area contributed by atoms with E-state index in [2.05, 4.69) is 15.4 Å². The Bertz CT molecular complexity index is 1000. The number of halogens is 4. The second kappa shape index (κ2) is 12.7. The van der Waals surface area contributed by atoms with Crippen LogP contribution < -0.4 is 15.4 Å². The molecule has 0 aromatic heterocycles. The second-order valence-electron chi connectivity index (χ2n) is 9.24. The molecule has 2 aliphatic rings. The summed E-state index contributed by atoms with van der Waals surface area (Å²) in [4.78, 5) is 50.5. The first kappa shape index (κ1) is 28.2. The number of likely N-dealkylation sites (tertiary alicyclic amines) is 1. The van der Waals surface area contributed by atoms with Gasteiger partial charge in [-0.25, -0.2) is 13.6 Å². The predicted octanol–water partition coefficient (Wildman–Crippen LogP) is 2.90. The number of piperidine rings is 1. The van der Waals surface area contributed by atoms with Crippen molar-refractivity contribution in [3.05, 3.63) is 29.3 Å². The van der Waals surface area contributed by atoms with E-state index in [-0.39, 0.29) is 24.6 Å². The van der Waals surface area contributed by atoms with Crippen LogP contribution in [0.4, 0.5) is 22.4 Å². The van der Waals surface area contributed by atoms with E-state index in [9.17, 15) is 36.7 Å². The van der Waals surface area contributed by atoms with Gasteiger partial charge in [-0.05, 0) is 32.1 Å². The van der Waals surface area contributed by atoms with Gasteiger partial charge in [-0.1, -0.05) is 12.8 Å². The molecule has 0 unspecified atom stereocenters. The lowest BCUT2D eigenvalue weighted by Crippen LogP contribution is -2.51. The summed E-state index contributed by atoms with van der Waals surface area (Å²) >= 11 is 0. The largest absolute Gasteiger partial charge is 0.481 e. The number of carbonyl (C=O) groups excluding carboxylic acids is 3. The number of hydrogen-bond donors (Lipinski definition) is 3. The minimum Gasteiger partial charge on any atom is -0.481 e. The zero-order chi connectivity index (χ0) is 27.1. The predicted molar refractivity (Wildman–Crippen MR) is 121 cm³/mol. The molecule has 3 amide bonds. The molecule has 1 heterocycles. The third-order valence-electron chi connectivity index (χ3n) is 6.62. The van der Waals surface area contributed by atoms with E-state index in [1.165, 1.54) is 0 Å². The van der Waals surface area contributed by atoms with Crippen molar-refractivity contribution in [3.63, 3.8) is 0 Å². The van der Waals surface area contributed by atoms with E-state index >= 15 is 0 Å². The van der Waals surface area contributed by atoms with Crippen molar-refractivity contribution in [3.8, 4) is 5.75 Å². The molecule has 3 rings (SSSR count). The van der Waals surface area contributed by atoms with Gasteiger partial charge in [0.25, 0.3) is 0 Å². The Morgan fingerprint density at radius 3 is 2.16 bits per heavy atom. The van der Waals surface area contributed by atoms with Crippen LogP contribution >= 0.6 is 0 Å². The molecule has 2 fully saturated rings. The Kier molecular flexibility index (Phi) is 9.70. The summed E-state index contributed by atoms with van der Waals surface area (Å²) in [6, 6.07) is -1.43. The molecule has 1 aliphatic carbocycles. The molecule has 9 nitrogen and oxygen atoms in total. The number of nitrogens with one attached hydrogen (secondary N) is 2. The number of benzene rings is 1. The number of hydrogen-bond acceptors (Lipinski definition) is 5. The van der Waals surface area contributed by atoms with Gasteiger partial charge in [0, 0.05) is 37.5 Å². The lowest BCUT2D eigenvalue weighted by molar-refractivity contribution is -0.138. The van der Waals surface area contributed by atoms with Crippen molar-refractivity contribution >= 4 is 23.7 Å². The monoisotopic (exact) mass is 531 g/mol. The van der Waals surface area contributed by atoms with Gasteiger partial charge >= 0.3 is 12.0 Å². The summed E-state index contributed by atoms with van der Waals surface area (Å²) in [5, 5.41) is 14.4. The van der Waals surface area contributed by atoms with E-state index in [1.807, 2.05) is 0 Å². The molecular weight excluding hydrogens is 502 g/mol. The molecule has 0 spiro atoms. The van der Waals surface area contributed by atoms with E-state index in [0.29, 0.717) is 25.9 Å². The van der Waals surface area contributed by atoms with E-state index in [0.717, 1.165) is 25.7 Å². The first-order chi connectivity index (χ1) is 17.6. The van der Waals surface area contributed by atoms with Gasteiger partial charge in [0.15, 0.2) is 23.2 Å². The maximum Gasteiger partial charge on any atom is 0.317 e. The van der Waals surface area contributed by atoms with Crippen molar-refractivity contribution in [2.45, 2.75) is 63.5 Å². The maximum atomic E-state index is 13.8. The van der Waals surface area contributed by atoms with Crippen LogP contribution in [0.25, 0.3) is 0 Å². The summed E-state index contributed by atoms with van der Waals surface area (Å²) in [5.41, 5.74) is 0. The number of aliphatic carboxylic acids is 1. The van der Waals surface area contributed by atoms with Crippen LogP contribution in [0.1, 0.15) is 51.4 Å². The topological polar surface area (TPSA) is 125 Å². The summed E-state index contributed by atoms with van der Waals surface area (Å²) in [6.45, 7) is -0.435. The Balaban J connectivity index is 1.56. The van der Waals surface area contributed by atoms with Gasteiger partial charge in [0.1, 0.15) is 6.61 Å². The van der Waals surface area contributed by atoms with Crippen molar-refractivity contribution in [1.82, 2.24) is 15.5 Å². The molecule has 1 aromatic rings. The van der Waals surface area contributed by atoms with Gasteiger partial charge in [0.05, 0.1) is 6.04 Å². The SMILES string of the molecule is O=C(O)CC[C@H](NC(=O)C1CCN(C(=O)NC2CCCC2)CC1)C(=O)COc1c(F)c(F)cc(F)c1F. The van der Waals surface area contributed by atoms with Crippen LogP contribution in [0.2, 0.25) is 0 Å². The van der Waals surface area contributed by atoms with Crippen molar-refractivity contribution < 1.29 is 46.6 Å². The summed E-state index contributed by atoms with van der Waals surface area (Å²) in [7, 11) is 0. The number of rotatable bonds is 10. The number of ketones is 1. The van der Waals surface area contributed by atoms with Gasteiger partial charge in [-0.2, -0.15) is 8.78 Å². The molecule has 13 heteroatoms. The number of carbonyl (C=O) groups is 4. The highest BCUT2D eigenvalue weighted by molar-refractivity contribution is 5.91. The molecule has 0 radical (unpaired) electrons. The maximum absolute atomic E-state index is 13.8. The van der Waals surface area contributed by atoms with Crippen molar-refractivity contribution in [1.29, 1.82) is 0 Å². The Hall–Kier alpha value is -3.38. The Labute approximate surface area is 210 Å². The smallest absolute Gasteiger partial charge is 0.317 e. The summed E-state index contributed by atoms with van der Waals surface area (Å²) < 4.78 is 59.0. The Morgan fingerprint density at radius 1 is 1.00 bits per heavy atom. The standard InChI is InChI=1S/C24H29F4N3O6/c25-15-11-16(26)21(28)22(20(15)27)37-12-18(32)17(5-6-19(33)34)30-23(35)13-7-9-31(10-8-13)24(36)29-14-3-1-2-4-14/h11,13-14,17H,1-10,12H2,(H,29,36)(H,30,35)(H,33,34)/t17-/m0/s1. The average molecular weight is 532 g/mol. The van der Waals surface area contributed by atoms with Gasteiger partial charge in [-0.15, -0.1) is 0 Å². The third-order valence-corrected chi connectivity index (χ3v) is 6.62. The quantitative estimate of drug-likeness (QED) is 0.315. The lowest BCUT2D eigenvalue weighted by atomic mass is 9.95. The first-order valence-electron chi connectivity index (χ1n) is 12.1. The minimum atomic E-state index is -1.83. The van der Waals surface area contributed by atoms with Gasteiger partial charge in [-0.3, -0.25) is 14.4 Å². The lowest BCUT2D eigenvalue weighted by Gasteiger charge is -2.32. The zero-order valence-corrected chi connectivity index (χ0v) is 20.0. The Morgan fingerprint density at radius 2 is 1.59 bits per heavy atom. The minimum absolute atomic E-state index is 0.0150. The highest BCUT2D eigenvalue weighted by atomic mass is 19.2. The highest BCUT2D eigenvalue weighted by Gasteiger charge is 2.32. The molecule has 0 bridgehead atoms. The first-order valence-corrected chi connectivity index (χ1v) is 12.1. The van der Waals surface area contributed by atoms with Crippen LogP contribution in [-0.2, 0) is 14.4 Å². The van der Waals surface area contributed by atoms with Gasteiger partial charge < -0.3 is 25.4 Å². The van der Waals surface area contributed by atoms with E-state index < -0.39 is 71.7 Å². The normalized spacial score (nSPS) is 17.4. The molecule has 37 heavy (non-hydrogen) atoms. The van der Waals surface area contributed by atoms with Gasteiger partial charge in [0.2, 0.25) is 17.5 Å². The number of amides is 3. The summed E-state index contributed by atoms with van der Waals surface area (Å²) in [5.74, 6) is -11.8. The molecular formula is C24H29F4N3O6. The fourth-order valence-corrected chi connectivity index (χ4v) is 4.47. The van der Waals surface area contributed by atoms with Crippen LogP contribution in [0.5, 0.6) is 5.75 Å². The average Bonchev–Trinajstić information content (AvgIpc) is 3.38. The fourth-order valence-electron chi connectivity index (χ4n) is 4.47. The molecule has 204 valence electrons. The number of Topliss-reactive ketones (excluding diaryl/α,β-unsaturated/α-hetero) is 1. The summed E-state index contributed by atoms with van der Waals surface area (Å²) in [6.07, 6.45) is 3.81. The third kappa shape index (κ3) is 7.56. The highest BCUT2D eigenvalue weighted by Crippen LogP contribution is 2.26. The molecule has 3 N–H and O–H groups in total. The fraction of sp³-hybridized carbons (Fsp3) is 0.583. The number of nitrogens with zero attached hydrogens (tertiary/aromatic N) is 1. The second-order valence-corrected chi connectivity index (χ2v) is 9.24. The molecule has 1 atom stereocenters. The zero-order valence-electron chi connectivity index (χ0n) is 20.0. The molecule has 1 saturated carbocycles. The number of urea groups is 1. The van der Waals surface area contributed by atoms with Crippen molar-refractivity contribution in [2.24, 2.45) is 5.92 Å². The number of carboxylic acids is 1. The van der Waals surface area contributed by atoms with Crippen LogP contribution in [0.15, 0.2) is 6.07 Å². The van der Waals surface area contributed by atoms with E-state index in [1.54, 1.807) is 4.90 Å². The number of ether oxygens (including phenoxy) is 1. The number of carboxylic acid groups (broad SMARTS) is 1. The van der Waals surface area contributed by atoms with E-state index in [4.69, 9.17) is 5.11 Å².